The minimum atomic E-state index is -0.105. The van der Waals surface area contributed by atoms with Crippen molar-refractivity contribution >= 4 is 60.9 Å². The summed E-state index contributed by atoms with van der Waals surface area (Å²) in [6.45, 7) is 4.70. The summed E-state index contributed by atoms with van der Waals surface area (Å²) in [5.74, 6) is 0. The molecule has 0 unspecified atom stereocenters. The maximum Gasteiger partial charge on any atom is 0.135 e. The number of furan rings is 2. The maximum atomic E-state index is 6.33. The fourth-order valence-electron chi connectivity index (χ4n) is 8.94. The highest BCUT2D eigenvalue weighted by Crippen LogP contribution is 2.54. The fourth-order valence-corrected chi connectivity index (χ4v) is 8.94. The predicted octanol–water partition coefficient (Wildman–Crippen LogP) is 14.6. The number of hydrogen-bond acceptors (Lipinski definition) is 3. The van der Waals surface area contributed by atoms with E-state index in [4.69, 9.17) is 8.83 Å². The van der Waals surface area contributed by atoms with E-state index < -0.39 is 0 Å². The highest BCUT2D eigenvalue weighted by atomic mass is 16.3. The van der Waals surface area contributed by atoms with Crippen molar-refractivity contribution in [2.24, 2.45) is 0 Å². The van der Waals surface area contributed by atoms with Crippen molar-refractivity contribution in [3.8, 4) is 33.4 Å². The molecule has 54 heavy (non-hydrogen) atoms. The molecule has 0 fully saturated rings. The average Bonchev–Trinajstić information content (AvgIpc) is 3.86. The van der Waals surface area contributed by atoms with Crippen LogP contribution < -0.4 is 4.90 Å². The standard InChI is InChI=1S/C51H35NO2/c1-51(2)42-20-8-3-18-39(42)50-38(19-13-21-43(50)51)35-15-5-10-23-45(35)52(33-27-29-49-41(31-33)37-17-7-12-25-47(37)54-49)44-22-9-4-14-34(44)32-26-28-48-40(30-32)36-16-6-11-24-46(36)53-48/h3-31H,1-2H3. The zero-order chi connectivity index (χ0) is 36.0. The van der Waals surface area contributed by atoms with Crippen molar-refractivity contribution < 1.29 is 8.83 Å². The summed E-state index contributed by atoms with van der Waals surface area (Å²) >= 11 is 0. The number of hydrogen-bond donors (Lipinski definition) is 0. The molecule has 0 atom stereocenters. The third-order valence-electron chi connectivity index (χ3n) is 11.5. The van der Waals surface area contributed by atoms with Crippen LogP contribution in [-0.2, 0) is 5.41 Å². The quantitative estimate of drug-likeness (QED) is 0.180. The van der Waals surface area contributed by atoms with Crippen LogP contribution in [0.5, 0.6) is 0 Å². The van der Waals surface area contributed by atoms with Crippen LogP contribution in [0.2, 0.25) is 0 Å². The van der Waals surface area contributed by atoms with Gasteiger partial charge in [0.25, 0.3) is 0 Å². The molecule has 2 heterocycles. The molecule has 2 aromatic heterocycles. The highest BCUT2D eigenvalue weighted by molar-refractivity contribution is 6.09. The summed E-state index contributed by atoms with van der Waals surface area (Å²) in [7, 11) is 0. The van der Waals surface area contributed by atoms with Gasteiger partial charge in [-0.2, -0.15) is 0 Å². The summed E-state index contributed by atoms with van der Waals surface area (Å²) < 4.78 is 12.6. The van der Waals surface area contributed by atoms with Crippen LogP contribution in [0.1, 0.15) is 25.0 Å². The van der Waals surface area contributed by atoms with E-state index in [1.54, 1.807) is 0 Å². The third kappa shape index (κ3) is 4.48. The van der Waals surface area contributed by atoms with Gasteiger partial charge in [-0.05, 0) is 88.0 Å². The van der Waals surface area contributed by atoms with Gasteiger partial charge in [0.2, 0.25) is 0 Å². The lowest BCUT2D eigenvalue weighted by Crippen LogP contribution is -2.15. The Balaban J connectivity index is 1.19. The normalized spacial score (nSPS) is 13.1. The lowest BCUT2D eigenvalue weighted by atomic mass is 9.82. The van der Waals surface area contributed by atoms with Crippen LogP contribution in [0, 0.1) is 0 Å². The molecule has 3 heteroatoms. The number of fused-ring (bicyclic) bond motifs is 9. The Morgan fingerprint density at radius 3 is 1.65 bits per heavy atom. The second-order valence-electron chi connectivity index (χ2n) is 14.9. The molecule has 256 valence electrons. The van der Waals surface area contributed by atoms with Crippen molar-refractivity contribution in [1.29, 1.82) is 0 Å². The Labute approximate surface area is 313 Å². The summed E-state index contributed by atoms with van der Waals surface area (Å²) in [5, 5.41) is 4.42. The maximum absolute atomic E-state index is 6.33. The average molecular weight is 694 g/mol. The molecule has 0 radical (unpaired) electrons. The van der Waals surface area contributed by atoms with Crippen LogP contribution >= 0.6 is 0 Å². The molecule has 0 aliphatic heterocycles. The van der Waals surface area contributed by atoms with Crippen LogP contribution in [0.15, 0.2) is 185 Å². The van der Waals surface area contributed by atoms with E-state index in [0.717, 1.165) is 72.1 Å². The first-order chi connectivity index (χ1) is 26.5. The zero-order valence-corrected chi connectivity index (χ0v) is 30.0. The smallest absolute Gasteiger partial charge is 0.135 e. The molecule has 10 aromatic rings. The van der Waals surface area contributed by atoms with E-state index in [0.29, 0.717) is 0 Å². The van der Waals surface area contributed by atoms with Gasteiger partial charge in [-0.25, -0.2) is 0 Å². The van der Waals surface area contributed by atoms with Gasteiger partial charge in [-0.3, -0.25) is 0 Å². The Morgan fingerprint density at radius 1 is 0.389 bits per heavy atom. The van der Waals surface area contributed by atoms with Gasteiger partial charge in [0.05, 0.1) is 11.4 Å². The highest BCUT2D eigenvalue weighted by Gasteiger charge is 2.37. The van der Waals surface area contributed by atoms with Gasteiger partial charge < -0.3 is 13.7 Å². The molecule has 0 bridgehead atoms. The van der Waals surface area contributed by atoms with E-state index in [2.05, 4.69) is 170 Å². The van der Waals surface area contributed by atoms with Crippen molar-refractivity contribution in [3.05, 3.63) is 187 Å². The molecular weight excluding hydrogens is 659 g/mol. The van der Waals surface area contributed by atoms with Crippen molar-refractivity contribution in [2.75, 3.05) is 4.90 Å². The molecule has 11 rings (SSSR count). The van der Waals surface area contributed by atoms with E-state index in [1.165, 1.54) is 33.4 Å². The zero-order valence-electron chi connectivity index (χ0n) is 30.0. The minimum Gasteiger partial charge on any atom is -0.456 e. The predicted molar refractivity (Wildman–Crippen MR) is 224 cm³/mol. The lowest BCUT2D eigenvalue weighted by molar-refractivity contribution is 0.660. The second kappa shape index (κ2) is 11.6. The molecule has 0 N–H and O–H groups in total. The first-order valence-corrected chi connectivity index (χ1v) is 18.6. The molecular formula is C51H35NO2. The Morgan fingerprint density at radius 2 is 0.907 bits per heavy atom. The van der Waals surface area contributed by atoms with Crippen LogP contribution in [0.25, 0.3) is 77.3 Å². The molecule has 0 saturated heterocycles. The number of benzene rings is 8. The second-order valence-corrected chi connectivity index (χ2v) is 14.9. The van der Waals surface area contributed by atoms with E-state index >= 15 is 0 Å². The summed E-state index contributed by atoms with van der Waals surface area (Å²) in [4.78, 5) is 2.44. The summed E-state index contributed by atoms with van der Waals surface area (Å²) in [6, 6.07) is 63.1. The molecule has 0 spiro atoms. The lowest BCUT2D eigenvalue weighted by Gasteiger charge is -2.30. The van der Waals surface area contributed by atoms with E-state index in [-0.39, 0.29) is 5.41 Å². The van der Waals surface area contributed by atoms with Crippen LogP contribution in [0.3, 0.4) is 0 Å². The number of anilines is 3. The van der Waals surface area contributed by atoms with Crippen molar-refractivity contribution in [3.63, 3.8) is 0 Å². The van der Waals surface area contributed by atoms with Gasteiger partial charge in [-0.1, -0.05) is 135 Å². The number of rotatable bonds is 5. The fraction of sp³-hybridized carbons (Fsp3) is 0.0588. The Kier molecular flexibility index (Phi) is 6.60. The van der Waals surface area contributed by atoms with Gasteiger partial charge >= 0.3 is 0 Å². The monoisotopic (exact) mass is 693 g/mol. The van der Waals surface area contributed by atoms with Gasteiger partial charge in [-0.15, -0.1) is 0 Å². The Bertz CT molecular complexity index is 3100. The van der Waals surface area contributed by atoms with Gasteiger partial charge in [0.1, 0.15) is 22.3 Å². The first-order valence-electron chi connectivity index (χ1n) is 18.6. The molecule has 3 nitrogen and oxygen atoms in total. The molecule has 8 aromatic carbocycles. The van der Waals surface area contributed by atoms with Gasteiger partial charge in [0, 0.05) is 43.8 Å². The number of nitrogens with zero attached hydrogens (tertiary/aromatic N) is 1. The largest absolute Gasteiger partial charge is 0.456 e. The van der Waals surface area contributed by atoms with E-state index in [9.17, 15) is 0 Å². The van der Waals surface area contributed by atoms with Crippen molar-refractivity contribution in [1.82, 2.24) is 0 Å². The topological polar surface area (TPSA) is 29.5 Å². The minimum absolute atomic E-state index is 0.105. The van der Waals surface area contributed by atoms with E-state index in [1.807, 2.05) is 24.3 Å². The van der Waals surface area contributed by atoms with Crippen molar-refractivity contribution in [2.45, 2.75) is 19.3 Å². The SMILES string of the molecule is CC1(C)c2ccccc2-c2c(-c3ccccc3N(c3ccc4oc5ccccc5c4c3)c3ccccc3-c3ccc4oc5ccccc5c4c3)cccc21. The number of para-hydroxylation sites is 4. The van der Waals surface area contributed by atoms with Crippen LogP contribution in [0.4, 0.5) is 17.1 Å². The van der Waals surface area contributed by atoms with Gasteiger partial charge in [0.15, 0.2) is 0 Å². The summed E-state index contributed by atoms with van der Waals surface area (Å²) in [5.41, 5.74) is 16.7. The molecule has 1 aliphatic rings. The third-order valence-corrected chi connectivity index (χ3v) is 11.5. The van der Waals surface area contributed by atoms with Crippen LogP contribution in [-0.4, -0.2) is 0 Å². The molecule has 1 aliphatic carbocycles. The summed E-state index contributed by atoms with van der Waals surface area (Å²) in [6.07, 6.45) is 0. The Hall–Kier alpha value is -6.84. The molecule has 0 saturated carbocycles. The molecule has 0 amide bonds. The first kappa shape index (κ1) is 30.8.